The van der Waals surface area contributed by atoms with E-state index in [1.54, 1.807) is 0 Å². The summed E-state index contributed by atoms with van der Waals surface area (Å²) in [5.74, 6) is 3.27. The maximum Gasteiger partial charge on any atom is 0.136 e. The van der Waals surface area contributed by atoms with E-state index in [9.17, 15) is 0 Å². The third kappa shape index (κ3) is 2.46. The molecule has 1 aliphatic carbocycles. The Balaban J connectivity index is 2.20. The minimum Gasteiger partial charge on any atom is -0.373 e. The van der Waals surface area contributed by atoms with E-state index in [1.807, 2.05) is 19.2 Å². The molecule has 0 aliphatic heterocycles. The van der Waals surface area contributed by atoms with Crippen LogP contribution in [0.15, 0.2) is 18.7 Å². The minimum atomic E-state index is 0.572. The first kappa shape index (κ1) is 9.96. The van der Waals surface area contributed by atoms with Crippen molar-refractivity contribution in [2.45, 2.75) is 18.8 Å². The summed E-state index contributed by atoms with van der Waals surface area (Å²) in [6, 6.07) is 1.91. The number of aromatic nitrogens is 2. The Kier molecular flexibility index (Phi) is 2.85. The summed E-state index contributed by atoms with van der Waals surface area (Å²) in [6.07, 6.45) is 4.25. The van der Waals surface area contributed by atoms with Gasteiger partial charge in [0.15, 0.2) is 0 Å². The second-order valence-electron chi connectivity index (χ2n) is 3.69. The monoisotopic (exact) mass is 204 g/mol. The predicted molar refractivity (Wildman–Crippen MR) is 62.2 cm³/mol. The SMILES string of the molecule is C=CCNc1cc(NC)nc(C2CC2)n1. The average molecular weight is 204 g/mol. The Morgan fingerprint density at radius 3 is 2.80 bits per heavy atom. The summed E-state index contributed by atoms with van der Waals surface area (Å²) in [6.45, 7) is 4.39. The van der Waals surface area contributed by atoms with Crippen molar-refractivity contribution in [1.29, 1.82) is 0 Å². The highest BCUT2D eigenvalue weighted by Gasteiger charge is 2.27. The fraction of sp³-hybridized carbons (Fsp3) is 0.455. The normalized spacial score (nSPS) is 14.7. The molecule has 2 rings (SSSR count). The standard InChI is InChI=1S/C11H16N4/c1-3-6-13-10-7-9(12-2)14-11(15-10)8-4-5-8/h3,7-8H,1,4-6H2,2H3,(H2,12,13,14,15). The van der Waals surface area contributed by atoms with Crippen LogP contribution in [0.5, 0.6) is 0 Å². The summed E-state index contributed by atoms with van der Waals surface area (Å²) in [7, 11) is 1.87. The Morgan fingerprint density at radius 1 is 1.47 bits per heavy atom. The third-order valence-electron chi connectivity index (χ3n) is 2.37. The van der Waals surface area contributed by atoms with Crippen molar-refractivity contribution in [3.8, 4) is 0 Å². The van der Waals surface area contributed by atoms with Crippen LogP contribution in [0.3, 0.4) is 0 Å². The van der Waals surface area contributed by atoms with Crippen molar-refractivity contribution >= 4 is 11.6 Å². The first-order chi connectivity index (χ1) is 7.33. The van der Waals surface area contributed by atoms with Crippen LogP contribution in [-0.4, -0.2) is 23.6 Å². The van der Waals surface area contributed by atoms with Gasteiger partial charge in [0.1, 0.15) is 17.5 Å². The molecule has 4 heteroatoms. The number of nitrogens with one attached hydrogen (secondary N) is 2. The number of anilines is 2. The summed E-state index contributed by atoms with van der Waals surface area (Å²) < 4.78 is 0. The van der Waals surface area contributed by atoms with Gasteiger partial charge in [0.05, 0.1) is 0 Å². The first-order valence-corrected chi connectivity index (χ1v) is 5.25. The number of nitrogens with zero attached hydrogens (tertiary/aromatic N) is 2. The Bertz CT molecular complexity index is 358. The van der Waals surface area contributed by atoms with E-state index in [0.29, 0.717) is 5.92 Å². The molecule has 1 saturated carbocycles. The number of hydrogen-bond donors (Lipinski definition) is 2. The van der Waals surface area contributed by atoms with E-state index < -0.39 is 0 Å². The average Bonchev–Trinajstić information content (AvgIpc) is 3.09. The largest absolute Gasteiger partial charge is 0.373 e. The molecule has 0 aromatic carbocycles. The quantitative estimate of drug-likeness (QED) is 0.720. The summed E-state index contributed by atoms with van der Waals surface area (Å²) >= 11 is 0. The molecule has 0 spiro atoms. The van der Waals surface area contributed by atoms with Crippen LogP contribution in [0.4, 0.5) is 11.6 Å². The lowest BCUT2D eigenvalue weighted by Crippen LogP contribution is -2.05. The van der Waals surface area contributed by atoms with Crippen LogP contribution in [0, 0.1) is 0 Å². The lowest BCUT2D eigenvalue weighted by molar-refractivity contribution is 0.928. The van der Waals surface area contributed by atoms with Crippen LogP contribution in [0.1, 0.15) is 24.6 Å². The van der Waals surface area contributed by atoms with Crippen molar-refractivity contribution < 1.29 is 0 Å². The van der Waals surface area contributed by atoms with Crippen LogP contribution in [-0.2, 0) is 0 Å². The van der Waals surface area contributed by atoms with Crippen molar-refractivity contribution in [2.24, 2.45) is 0 Å². The van der Waals surface area contributed by atoms with E-state index in [1.165, 1.54) is 12.8 Å². The molecule has 0 unspecified atom stereocenters. The van der Waals surface area contributed by atoms with Gasteiger partial charge in [-0.25, -0.2) is 9.97 Å². The number of hydrogen-bond acceptors (Lipinski definition) is 4. The molecule has 1 fully saturated rings. The molecule has 0 radical (unpaired) electrons. The van der Waals surface area contributed by atoms with E-state index in [2.05, 4.69) is 27.2 Å². The van der Waals surface area contributed by atoms with Gasteiger partial charge >= 0.3 is 0 Å². The smallest absolute Gasteiger partial charge is 0.136 e. The molecule has 80 valence electrons. The van der Waals surface area contributed by atoms with Gasteiger partial charge in [-0.1, -0.05) is 6.08 Å². The highest BCUT2D eigenvalue weighted by Crippen LogP contribution is 2.38. The predicted octanol–water partition coefficient (Wildman–Crippen LogP) is 1.99. The van der Waals surface area contributed by atoms with Crippen molar-refractivity contribution in [2.75, 3.05) is 24.2 Å². The molecular formula is C11H16N4. The van der Waals surface area contributed by atoms with Gasteiger partial charge in [-0.15, -0.1) is 6.58 Å². The van der Waals surface area contributed by atoms with Crippen LogP contribution >= 0.6 is 0 Å². The summed E-state index contributed by atoms with van der Waals surface area (Å²) in [5, 5.41) is 6.23. The molecule has 1 aliphatic rings. The molecular weight excluding hydrogens is 188 g/mol. The molecule has 0 bridgehead atoms. The zero-order valence-electron chi connectivity index (χ0n) is 8.95. The van der Waals surface area contributed by atoms with Gasteiger partial charge in [0.25, 0.3) is 0 Å². The van der Waals surface area contributed by atoms with Crippen molar-refractivity contribution in [3.63, 3.8) is 0 Å². The number of rotatable bonds is 5. The molecule has 0 atom stereocenters. The van der Waals surface area contributed by atoms with E-state index in [4.69, 9.17) is 0 Å². The zero-order valence-corrected chi connectivity index (χ0v) is 8.95. The van der Waals surface area contributed by atoms with E-state index in [-0.39, 0.29) is 0 Å². The molecule has 1 aromatic heterocycles. The second-order valence-corrected chi connectivity index (χ2v) is 3.69. The lowest BCUT2D eigenvalue weighted by Gasteiger charge is -2.07. The van der Waals surface area contributed by atoms with Gasteiger partial charge in [0.2, 0.25) is 0 Å². The van der Waals surface area contributed by atoms with Crippen molar-refractivity contribution in [1.82, 2.24) is 9.97 Å². The Hall–Kier alpha value is -1.58. The maximum absolute atomic E-state index is 4.47. The molecule has 1 heterocycles. The highest BCUT2D eigenvalue weighted by atomic mass is 15.1. The van der Waals surface area contributed by atoms with Gasteiger partial charge in [-0.3, -0.25) is 0 Å². The molecule has 0 saturated heterocycles. The summed E-state index contributed by atoms with van der Waals surface area (Å²) in [5.41, 5.74) is 0. The van der Waals surface area contributed by atoms with E-state index >= 15 is 0 Å². The molecule has 15 heavy (non-hydrogen) atoms. The van der Waals surface area contributed by atoms with Gasteiger partial charge < -0.3 is 10.6 Å². The second kappa shape index (κ2) is 4.29. The van der Waals surface area contributed by atoms with Crippen LogP contribution in [0.25, 0.3) is 0 Å². The first-order valence-electron chi connectivity index (χ1n) is 5.25. The van der Waals surface area contributed by atoms with E-state index in [0.717, 1.165) is 24.0 Å². The minimum absolute atomic E-state index is 0.572. The molecule has 0 amide bonds. The lowest BCUT2D eigenvalue weighted by atomic mass is 10.3. The van der Waals surface area contributed by atoms with Crippen LogP contribution < -0.4 is 10.6 Å². The fourth-order valence-corrected chi connectivity index (χ4v) is 1.39. The van der Waals surface area contributed by atoms with Gasteiger partial charge in [-0.2, -0.15) is 0 Å². The Labute approximate surface area is 89.8 Å². The Morgan fingerprint density at radius 2 is 2.20 bits per heavy atom. The zero-order chi connectivity index (χ0) is 10.7. The van der Waals surface area contributed by atoms with Gasteiger partial charge in [0, 0.05) is 25.6 Å². The van der Waals surface area contributed by atoms with Crippen molar-refractivity contribution in [3.05, 3.63) is 24.5 Å². The summed E-state index contributed by atoms with van der Waals surface area (Å²) in [4.78, 5) is 8.90. The maximum atomic E-state index is 4.47. The fourth-order valence-electron chi connectivity index (χ4n) is 1.39. The molecule has 4 nitrogen and oxygen atoms in total. The van der Waals surface area contributed by atoms with Crippen LogP contribution in [0.2, 0.25) is 0 Å². The highest BCUT2D eigenvalue weighted by molar-refractivity contribution is 5.48. The van der Waals surface area contributed by atoms with Gasteiger partial charge in [-0.05, 0) is 12.8 Å². The topological polar surface area (TPSA) is 49.8 Å². The molecule has 1 aromatic rings. The third-order valence-corrected chi connectivity index (χ3v) is 2.37. The molecule has 2 N–H and O–H groups in total.